The van der Waals surface area contributed by atoms with Crippen molar-refractivity contribution in [2.75, 3.05) is 24.3 Å². The number of rotatable bonds is 5. The average molecular weight is 627 g/mol. The standard InChI is InChI=1S/C33H28ClN5O4S/c1-39(2,35)33(42)43-30-16-14-23-20-38(28-11-6-3-8-21(28)19-37(23)30)32(41)26-15-13-22(18-27(26)34)36-31(40)25-10-5-4-9-24(25)29-12-7-17-44-29/h3-18H,19-20,35H2,1-2H3/p+1. The summed E-state index contributed by atoms with van der Waals surface area (Å²) < 4.78 is 6.97. The number of benzene rings is 3. The number of carbonyl (C=O) groups excluding carboxylic acids is 3. The summed E-state index contributed by atoms with van der Waals surface area (Å²) in [5, 5.41) is 5.09. The molecule has 3 aromatic carbocycles. The summed E-state index contributed by atoms with van der Waals surface area (Å²) in [6, 6.07) is 27.3. The van der Waals surface area contributed by atoms with E-state index >= 15 is 0 Å². The van der Waals surface area contributed by atoms with Crippen LogP contribution in [0.5, 0.6) is 5.88 Å². The summed E-state index contributed by atoms with van der Waals surface area (Å²) in [7, 11) is 3.05. The highest BCUT2D eigenvalue weighted by Gasteiger charge is 2.31. The number of carbonyl (C=O) groups is 3. The van der Waals surface area contributed by atoms with Crippen LogP contribution in [-0.4, -0.2) is 41.2 Å². The first kappa shape index (κ1) is 29.3. The lowest BCUT2D eigenvalue weighted by Gasteiger charge is -2.23. The summed E-state index contributed by atoms with van der Waals surface area (Å²) in [6.07, 6.45) is -0.620. The number of hydrogen-bond acceptors (Lipinski definition) is 6. The number of ether oxygens (including phenoxy) is 1. The third kappa shape index (κ3) is 5.76. The fourth-order valence-electron chi connectivity index (χ4n) is 5.05. The van der Waals surface area contributed by atoms with E-state index in [4.69, 9.17) is 22.2 Å². The number of para-hydroxylation sites is 1. The van der Waals surface area contributed by atoms with Crippen LogP contribution < -0.4 is 20.8 Å². The molecule has 0 bridgehead atoms. The monoisotopic (exact) mass is 626 g/mol. The van der Waals surface area contributed by atoms with Gasteiger partial charge >= 0.3 is 6.09 Å². The minimum Gasteiger partial charge on any atom is -0.362 e. The van der Waals surface area contributed by atoms with Crippen LogP contribution in [0.25, 0.3) is 10.4 Å². The Hall–Kier alpha value is -4.74. The molecule has 3 heterocycles. The lowest BCUT2D eigenvalue weighted by Crippen LogP contribution is -2.53. The number of fused-ring (bicyclic) bond motifs is 2. The van der Waals surface area contributed by atoms with Crippen molar-refractivity contribution in [3.8, 4) is 16.3 Å². The molecular weight excluding hydrogens is 598 g/mol. The maximum atomic E-state index is 14.0. The van der Waals surface area contributed by atoms with Crippen LogP contribution in [0.3, 0.4) is 0 Å². The van der Waals surface area contributed by atoms with Crippen molar-refractivity contribution < 1.29 is 23.7 Å². The van der Waals surface area contributed by atoms with Crippen LogP contribution >= 0.6 is 22.9 Å². The number of amides is 3. The third-order valence-corrected chi connectivity index (χ3v) is 8.50. The summed E-state index contributed by atoms with van der Waals surface area (Å²) in [5.41, 5.74) is 4.47. The van der Waals surface area contributed by atoms with Gasteiger partial charge in [-0.15, -0.1) is 11.3 Å². The van der Waals surface area contributed by atoms with Crippen molar-refractivity contribution in [3.63, 3.8) is 0 Å². The van der Waals surface area contributed by atoms with Gasteiger partial charge in [-0.25, -0.2) is 0 Å². The molecule has 9 nitrogen and oxygen atoms in total. The summed E-state index contributed by atoms with van der Waals surface area (Å²) in [4.78, 5) is 42.4. The van der Waals surface area contributed by atoms with Crippen LogP contribution in [0.1, 0.15) is 32.0 Å². The van der Waals surface area contributed by atoms with E-state index in [9.17, 15) is 14.4 Å². The first-order chi connectivity index (χ1) is 21.1. The maximum absolute atomic E-state index is 14.0. The van der Waals surface area contributed by atoms with E-state index in [0.29, 0.717) is 29.4 Å². The van der Waals surface area contributed by atoms with Crippen molar-refractivity contribution in [3.05, 3.63) is 124 Å². The Bertz CT molecular complexity index is 1890. The molecule has 11 heteroatoms. The predicted molar refractivity (Wildman–Crippen MR) is 172 cm³/mol. The molecule has 6 rings (SSSR count). The highest BCUT2D eigenvalue weighted by molar-refractivity contribution is 7.13. The minimum absolute atomic E-state index is 0.203. The van der Waals surface area contributed by atoms with Gasteiger partial charge in [-0.1, -0.05) is 54.1 Å². The number of nitrogens with one attached hydrogen (secondary N) is 1. The second-order valence-electron chi connectivity index (χ2n) is 10.8. The van der Waals surface area contributed by atoms with Crippen molar-refractivity contribution in [1.29, 1.82) is 0 Å². The number of hydrogen-bond donors (Lipinski definition) is 2. The van der Waals surface area contributed by atoms with Gasteiger partial charge in [-0.2, -0.15) is 15.2 Å². The Kier molecular flexibility index (Phi) is 7.83. The lowest BCUT2D eigenvalue weighted by atomic mass is 10.1. The molecule has 0 fully saturated rings. The van der Waals surface area contributed by atoms with Crippen LogP contribution in [0.4, 0.5) is 16.2 Å². The molecule has 1 aliphatic heterocycles. The van der Waals surface area contributed by atoms with E-state index in [1.54, 1.807) is 46.6 Å². The number of nitrogens with two attached hydrogens (primary N) is 1. The van der Waals surface area contributed by atoms with Gasteiger partial charge in [-0.05, 0) is 53.4 Å². The van der Waals surface area contributed by atoms with Gasteiger partial charge in [0.2, 0.25) is 5.88 Å². The van der Waals surface area contributed by atoms with Gasteiger partial charge in [0.1, 0.15) is 0 Å². The molecule has 0 radical (unpaired) electrons. The van der Waals surface area contributed by atoms with Crippen LogP contribution in [0.2, 0.25) is 5.02 Å². The van der Waals surface area contributed by atoms with Gasteiger partial charge in [0.05, 0.1) is 37.8 Å². The second-order valence-corrected chi connectivity index (χ2v) is 12.2. The molecule has 0 saturated heterocycles. The number of thiophene rings is 1. The van der Waals surface area contributed by atoms with Crippen molar-refractivity contribution in [1.82, 2.24) is 4.57 Å². The summed E-state index contributed by atoms with van der Waals surface area (Å²) in [6.45, 7) is 0.594. The van der Waals surface area contributed by atoms with Gasteiger partial charge in [0.15, 0.2) is 0 Å². The van der Waals surface area contributed by atoms with E-state index in [0.717, 1.165) is 21.7 Å². The van der Waals surface area contributed by atoms with Crippen LogP contribution in [0, 0.1) is 0 Å². The van der Waals surface area contributed by atoms with Crippen molar-refractivity contribution in [2.24, 2.45) is 5.84 Å². The molecule has 0 unspecified atom stereocenters. The highest BCUT2D eigenvalue weighted by atomic mass is 35.5. The zero-order valence-corrected chi connectivity index (χ0v) is 25.6. The Labute approximate surface area is 263 Å². The zero-order chi connectivity index (χ0) is 31.0. The Morgan fingerprint density at radius 1 is 0.909 bits per heavy atom. The Morgan fingerprint density at radius 3 is 2.43 bits per heavy atom. The third-order valence-electron chi connectivity index (χ3n) is 7.29. The lowest BCUT2D eigenvalue weighted by molar-refractivity contribution is -0.827. The fourth-order valence-corrected chi connectivity index (χ4v) is 6.07. The van der Waals surface area contributed by atoms with Crippen molar-refractivity contribution in [2.45, 2.75) is 13.1 Å². The number of nitrogens with zero attached hydrogens (tertiary/aromatic N) is 3. The maximum Gasteiger partial charge on any atom is 0.542 e. The molecule has 3 amide bonds. The first-order valence-electron chi connectivity index (χ1n) is 13.8. The largest absolute Gasteiger partial charge is 0.542 e. The number of halogens is 1. The molecule has 0 aliphatic carbocycles. The van der Waals surface area contributed by atoms with Crippen LogP contribution in [-0.2, 0) is 13.1 Å². The quantitative estimate of drug-likeness (QED) is 0.0968. The van der Waals surface area contributed by atoms with Gasteiger partial charge < -0.3 is 19.5 Å². The molecule has 222 valence electrons. The van der Waals surface area contributed by atoms with E-state index in [-0.39, 0.29) is 28.9 Å². The van der Waals surface area contributed by atoms with E-state index in [2.05, 4.69) is 5.32 Å². The summed E-state index contributed by atoms with van der Waals surface area (Å²) >= 11 is 8.24. The molecule has 1 aliphatic rings. The topological polar surface area (TPSA) is 107 Å². The highest BCUT2D eigenvalue weighted by Crippen LogP contribution is 2.34. The Morgan fingerprint density at radius 2 is 1.68 bits per heavy atom. The number of quaternary nitrogens is 1. The Balaban J connectivity index is 1.27. The zero-order valence-electron chi connectivity index (χ0n) is 24.0. The molecule has 0 spiro atoms. The molecular formula is C33H29ClN5O4S+. The molecule has 5 aromatic rings. The first-order valence-corrected chi connectivity index (χ1v) is 15.0. The SMILES string of the molecule is C[N+](C)(N)C(=O)Oc1ccc2n1Cc1ccccc1N(C(=O)c1ccc(NC(=O)c3ccccc3-c3cccs3)cc1Cl)C2. The molecule has 3 N–H and O–H groups in total. The normalized spacial score (nSPS) is 12.6. The molecule has 0 atom stereocenters. The van der Waals surface area contributed by atoms with Gasteiger partial charge in [-0.3, -0.25) is 9.59 Å². The van der Waals surface area contributed by atoms with Crippen molar-refractivity contribution >= 4 is 52.2 Å². The number of aromatic nitrogens is 1. The molecule has 44 heavy (non-hydrogen) atoms. The fraction of sp³-hybridized carbons (Fsp3) is 0.121. The van der Waals surface area contributed by atoms with E-state index in [1.165, 1.54) is 14.1 Å². The predicted octanol–water partition coefficient (Wildman–Crippen LogP) is 6.78. The summed E-state index contributed by atoms with van der Waals surface area (Å²) in [5.74, 6) is 5.63. The van der Waals surface area contributed by atoms with E-state index in [1.807, 2.05) is 70.6 Å². The van der Waals surface area contributed by atoms with Gasteiger partial charge in [0.25, 0.3) is 11.8 Å². The van der Waals surface area contributed by atoms with E-state index < -0.39 is 10.7 Å². The minimum atomic E-state index is -0.620. The number of anilines is 2. The smallest absolute Gasteiger partial charge is 0.362 e. The van der Waals surface area contributed by atoms with Crippen LogP contribution in [0.15, 0.2) is 96.4 Å². The second kappa shape index (κ2) is 11.7. The van der Waals surface area contributed by atoms with Gasteiger partial charge in [0, 0.05) is 39.1 Å². The average Bonchev–Trinajstić information content (AvgIpc) is 3.63. The molecule has 2 aromatic heterocycles. The molecule has 0 saturated carbocycles.